The van der Waals surface area contributed by atoms with E-state index in [0.717, 1.165) is 24.1 Å². The van der Waals surface area contributed by atoms with Crippen molar-refractivity contribution in [1.82, 2.24) is 5.32 Å². The van der Waals surface area contributed by atoms with E-state index in [4.69, 9.17) is 32.7 Å². The maximum Gasteiger partial charge on any atom is 0.161 e. The summed E-state index contributed by atoms with van der Waals surface area (Å²) in [7, 11) is 1.64. The number of benzene rings is 2. The van der Waals surface area contributed by atoms with Crippen LogP contribution in [0.2, 0.25) is 10.0 Å². The van der Waals surface area contributed by atoms with Crippen LogP contribution in [0.25, 0.3) is 0 Å². The quantitative estimate of drug-likeness (QED) is 0.547. The smallest absolute Gasteiger partial charge is 0.161 e. The maximum atomic E-state index is 6.19. The SMILES string of the molecule is CCC(C)(C)NCc1ccc(OCc2c(Cl)cccc2Cl)c(OC)c1.Cl. The number of hydrogen-bond donors (Lipinski definition) is 1. The van der Waals surface area contributed by atoms with Crippen molar-refractivity contribution < 1.29 is 9.47 Å². The maximum absolute atomic E-state index is 6.19. The highest BCUT2D eigenvalue weighted by Crippen LogP contribution is 2.31. The molecule has 0 heterocycles. The molecule has 2 rings (SSSR count). The Kier molecular flexibility index (Phi) is 9.05. The Morgan fingerprint density at radius 2 is 1.69 bits per heavy atom. The normalized spacial score (nSPS) is 11.0. The molecule has 0 aliphatic rings. The summed E-state index contributed by atoms with van der Waals surface area (Å²) in [5, 5.41) is 4.72. The van der Waals surface area contributed by atoms with Gasteiger partial charge in [0.2, 0.25) is 0 Å². The Morgan fingerprint density at radius 1 is 1.04 bits per heavy atom. The summed E-state index contributed by atoms with van der Waals surface area (Å²) >= 11 is 12.4. The van der Waals surface area contributed by atoms with Crippen LogP contribution in [0.4, 0.5) is 0 Å². The molecular formula is C20H26Cl3NO2. The number of halogens is 3. The molecule has 0 fully saturated rings. The van der Waals surface area contributed by atoms with Crippen molar-refractivity contribution in [2.75, 3.05) is 7.11 Å². The van der Waals surface area contributed by atoms with Gasteiger partial charge >= 0.3 is 0 Å². The van der Waals surface area contributed by atoms with Crippen LogP contribution in [0.3, 0.4) is 0 Å². The Balaban J connectivity index is 0.00000338. The molecule has 0 unspecified atom stereocenters. The molecule has 26 heavy (non-hydrogen) atoms. The molecule has 2 aromatic carbocycles. The van der Waals surface area contributed by atoms with Crippen LogP contribution >= 0.6 is 35.6 Å². The highest BCUT2D eigenvalue weighted by Gasteiger charge is 2.14. The molecule has 0 spiro atoms. The molecule has 0 aliphatic carbocycles. The third kappa shape index (κ3) is 6.24. The van der Waals surface area contributed by atoms with E-state index in [1.165, 1.54) is 0 Å². The Labute approximate surface area is 172 Å². The van der Waals surface area contributed by atoms with E-state index >= 15 is 0 Å². The van der Waals surface area contributed by atoms with E-state index in [-0.39, 0.29) is 24.6 Å². The first-order valence-electron chi connectivity index (χ1n) is 8.34. The number of ether oxygens (including phenoxy) is 2. The Hall–Kier alpha value is -1.13. The monoisotopic (exact) mass is 417 g/mol. The molecule has 0 saturated heterocycles. The average Bonchev–Trinajstić information content (AvgIpc) is 2.60. The van der Waals surface area contributed by atoms with Gasteiger partial charge in [0.15, 0.2) is 11.5 Å². The van der Waals surface area contributed by atoms with E-state index in [1.54, 1.807) is 19.2 Å². The summed E-state index contributed by atoms with van der Waals surface area (Å²) in [5.41, 5.74) is 2.01. The molecule has 0 saturated carbocycles. The summed E-state index contributed by atoms with van der Waals surface area (Å²) in [6, 6.07) is 11.3. The summed E-state index contributed by atoms with van der Waals surface area (Å²) in [6.07, 6.45) is 1.06. The Bertz CT molecular complexity index is 700. The lowest BCUT2D eigenvalue weighted by Gasteiger charge is -2.24. The second-order valence-corrected chi connectivity index (χ2v) is 7.38. The summed E-state index contributed by atoms with van der Waals surface area (Å²) in [4.78, 5) is 0. The summed E-state index contributed by atoms with van der Waals surface area (Å²) in [6.45, 7) is 7.61. The summed E-state index contributed by atoms with van der Waals surface area (Å²) in [5.74, 6) is 1.36. The molecule has 144 valence electrons. The van der Waals surface area contributed by atoms with Crippen LogP contribution in [0.5, 0.6) is 11.5 Å². The third-order valence-corrected chi connectivity index (χ3v) is 5.02. The largest absolute Gasteiger partial charge is 0.493 e. The topological polar surface area (TPSA) is 30.5 Å². The first kappa shape index (κ1) is 22.9. The minimum atomic E-state index is 0. The second kappa shape index (κ2) is 10.3. The molecule has 0 atom stereocenters. The number of rotatable bonds is 8. The van der Waals surface area contributed by atoms with Gasteiger partial charge in [-0.05, 0) is 50.1 Å². The van der Waals surface area contributed by atoms with Crippen LogP contribution in [0.15, 0.2) is 36.4 Å². The molecule has 0 aromatic heterocycles. The van der Waals surface area contributed by atoms with Crippen molar-refractivity contribution in [3.8, 4) is 11.5 Å². The molecule has 0 bridgehead atoms. The van der Waals surface area contributed by atoms with E-state index in [1.807, 2.05) is 24.3 Å². The van der Waals surface area contributed by atoms with E-state index in [2.05, 4.69) is 26.1 Å². The molecule has 1 N–H and O–H groups in total. The van der Waals surface area contributed by atoms with Gasteiger partial charge in [-0.1, -0.05) is 42.3 Å². The molecule has 0 aliphatic heterocycles. The first-order chi connectivity index (χ1) is 11.9. The van der Waals surface area contributed by atoms with E-state index in [0.29, 0.717) is 21.5 Å². The van der Waals surface area contributed by atoms with Crippen molar-refractivity contribution in [3.63, 3.8) is 0 Å². The van der Waals surface area contributed by atoms with Gasteiger partial charge < -0.3 is 14.8 Å². The molecule has 3 nitrogen and oxygen atoms in total. The molecule has 0 amide bonds. The van der Waals surface area contributed by atoms with Crippen molar-refractivity contribution in [3.05, 3.63) is 57.6 Å². The predicted molar refractivity (Wildman–Crippen MR) is 112 cm³/mol. The fraction of sp³-hybridized carbons (Fsp3) is 0.400. The summed E-state index contributed by atoms with van der Waals surface area (Å²) < 4.78 is 11.4. The van der Waals surface area contributed by atoms with Crippen molar-refractivity contribution >= 4 is 35.6 Å². The van der Waals surface area contributed by atoms with Gasteiger partial charge in [0, 0.05) is 27.7 Å². The number of nitrogens with one attached hydrogen (secondary N) is 1. The zero-order valence-electron chi connectivity index (χ0n) is 15.6. The molecular weight excluding hydrogens is 393 g/mol. The zero-order chi connectivity index (χ0) is 18.4. The van der Waals surface area contributed by atoms with Gasteiger partial charge in [-0.25, -0.2) is 0 Å². The highest BCUT2D eigenvalue weighted by atomic mass is 35.5. The fourth-order valence-electron chi connectivity index (χ4n) is 2.23. The van der Waals surface area contributed by atoms with Crippen molar-refractivity contribution in [1.29, 1.82) is 0 Å². The van der Waals surface area contributed by atoms with Gasteiger partial charge in [0.1, 0.15) is 6.61 Å². The number of methoxy groups -OCH3 is 1. The lowest BCUT2D eigenvalue weighted by molar-refractivity contribution is 0.284. The van der Waals surface area contributed by atoms with Gasteiger partial charge in [-0.2, -0.15) is 0 Å². The van der Waals surface area contributed by atoms with Gasteiger partial charge in [-0.15, -0.1) is 12.4 Å². The lowest BCUT2D eigenvalue weighted by atomic mass is 10.0. The minimum Gasteiger partial charge on any atom is -0.493 e. The van der Waals surface area contributed by atoms with Crippen LogP contribution < -0.4 is 14.8 Å². The predicted octanol–water partition coefficient (Wildman–Crippen LogP) is 6.28. The number of hydrogen-bond acceptors (Lipinski definition) is 3. The first-order valence-corrected chi connectivity index (χ1v) is 9.09. The van der Waals surface area contributed by atoms with Crippen LogP contribution in [0.1, 0.15) is 38.3 Å². The van der Waals surface area contributed by atoms with Gasteiger partial charge in [0.05, 0.1) is 7.11 Å². The third-order valence-electron chi connectivity index (χ3n) is 4.32. The average molecular weight is 419 g/mol. The van der Waals surface area contributed by atoms with Crippen molar-refractivity contribution in [2.24, 2.45) is 0 Å². The standard InChI is InChI=1S/C20H25Cl2NO2.ClH/c1-5-20(2,3)23-12-14-9-10-18(19(11-14)24-4)25-13-15-16(21)7-6-8-17(15)22;/h6-11,23H,5,12-13H2,1-4H3;1H. The minimum absolute atomic E-state index is 0. The second-order valence-electron chi connectivity index (χ2n) is 6.57. The molecule has 2 aromatic rings. The Morgan fingerprint density at radius 3 is 2.27 bits per heavy atom. The highest BCUT2D eigenvalue weighted by molar-refractivity contribution is 6.35. The van der Waals surface area contributed by atoms with E-state index in [9.17, 15) is 0 Å². The van der Waals surface area contributed by atoms with Crippen LogP contribution in [0, 0.1) is 0 Å². The lowest BCUT2D eigenvalue weighted by Crippen LogP contribution is -2.37. The van der Waals surface area contributed by atoms with Crippen LogP contribution in [-0.2, 0) is 13.2 Å². The van der Waals surface area contributed by atoms with Gasteiger partial charge in [-0.3, -0.25) is 0 Å². The van der Waals surface area contributed by atoms with E-state index < -0.39 is 0 Å². The van der Waals surface area contributed by atoms with Gasteiger partial charge in [0.25, 0.3) is 0 Å². The van der Waals surface area contributed by atoms with Crippen LogP contribution in [-0.4, -0.2) is 12.6 Å². The van der Waals surface area contributed by atoms with Crippen molar-refractivity contribution in [2.45, 2.75) is 45.9 Å². The zero-order valence-corrected chi connectivity index (χ0v) is 17.9. The molecule has 0 radical (unpaired) electrons. The molecule has 6 heteroatoms. The fourth-order valence-corrected chi connectivity index (χ4v) is 2.73.